The van der Waals surface area contributed by atoms with Crippen molar-refractivity contribution in [1.82, 2.24) is 0 Å². The number of hydrogen-bond donors (Lipinski definition) is 0. The maximum Gasteiger partial charge on any atom is 0.317 e. The maximum absolute atomic E-state index is 13.2. The lowest BCUT2D eigenvalue weighted by molar-refractivity contribution is -0.159. The highest BCUT2D eigenvalue weighted by atomic mass is 16.5. The first-order chi connectivity index (χ1) is 13.6. The number of carbonyl (C=O) groups excluding carboxylic acids is 2. The molecule has 0 aliphatic heterocycles. The smallest absolute Gasteiger partial charge is 0.317 e. The highest BCUT2D eigenvalue weighted by molar-refractivity contribution is 5.97. The van der Waals surface area contributed by atoms with Crippen LogP contribution in [0.3, 0.4) is 0 Å². The largest absolute Gasteiger partial charge is 0.426 e. The van der Waals surface area contributed by atoms with Crippen molar-refractivity contribution in [3.63, 3.8) is 0 Å². The summed E-state index contributed by atoms with van der Waals surface area (Å²) in [5.74, 6) is 4.51. The van der Waals surface area contributed by atoms with E-state index < -0.39 is 0 Å². The number of ketones is 1. The van der Waals surface area contributed by atoms with Crippen LogP contribution in [0.25, 0.3) is 0 Å². The second-order valence-electron chi connectivity index (χ2n) is 10.8. The third-order valence-electron chi connectivity index (χ3n) is 9.85. The summed E-state index contributed by atoms with van der Waals surface area (Å²) in [5, 5.41) is 0. The Morgan fingerprint density at radius 3 is 2.64 bits per heavy atom. The first kappa shape index (κ1) is 16.1. The predicted molar refractivity (Wildman–Crippen MR) is 104 cm³/mol. The number of fused-ring (bicyclic) bond motifs is 1. The molecule has 28 heavy (non-hydrogen) atoms. The van der Waals surface area contributed by atoms with Crippen LogP contribution in [0.2, 0.25) is 0 Å². The van der Waals surface area contributed by atoms with E-state index in [9.17, 15) is 9.59 Å². The van der Waals surface area contributed by atoms with Gasteiger partial charge in [0.25, 0.3) is 0 Å². The van der Waals surface area contributed by atoms with Gasteiger partial charge in [-0.1, -0.05) is 0 Å². The highest BCUT2D eigenvalue weighted by Gasteiger charge is 3.00. The van der Waals surface area contributed by atoms with Crippen LogP contribution >= 0.6 is 0 Å². The van der Waals surface area contributed by atoms with Crippen molar-refractivity contribution in [3.05, 3.63) is 35.7 Å². The summed E-state index contributed by atoms with van der Waals surface area (Å²) < 4.78 is 5.89. The summed E-state index contributed by atoms with van der Waals surface area (Å²) >= 11 is 0. The van der Waals surface area contributed by atoms with E-state index in [4.69, 9.17) is 4.74 Å². The van der Waals surface area contributed by atoms with Gasteiger partial charge in [-0.2, -0.15) is 0 Å². The van der Waals surface area contributed by atoms with Crippen LogP contribution in [0, 0.1) is 39.9 Å². The molecule has 2 spiro atoms. The van der Waals surface area contributed by atoms with E-state index in [1.165, 1.54) is 38.0 Å². The Balaban J connectivity index is 1.06. The fourth-order valence-electron chi connectivity index (χ4n) is 9.21. The van der Waals surface area contributed by atoms with Gasteiger partial charge in [0.15, 0.2) is 6.42 Å². The van der Waals surface area contributed by atoms with Crippen molar-refractivity contribution in [3.8, 4) is 5.75 Å². The molecule has 0 amide bonds. The minimum atomic E-state index is -0.179. The SMILES string of the molecule is O=C(C[C+]1CCCC1)c1ccc(OC(=O)C23CC4CC5CC6(C2)C3C56C4)cc1. The Kier molecular flexibility index (Phi) is 2.79. The molecule has 3 nitrogen and oxygen atoms in total. The molecule has 0 aromatic heterocycles. The normalized spacial score (nSPS) is 45.7. The Morgan fingerprint density at radius 1 is 1.07 bits per heavy atom. The molecule has 3 heteroatoms. The molecular weight excluding hydrogens is 348 g/mol. The number of esters is 1. The molecule has 0 N–H and O–H groups in total. The average Bonchev–Trinajstić information content (AvgIpc) is 3.00. The molecule has 144 valence electrons. The quantitative estimate of drug-likeness (QED) is 0.310. The molecule has 6 unspecified atom stereocenters. The number of benzene rings is 1. The number of rotatable bonds is 5. The minimum absolute atomic E-state index is 0.0165. The van der Waals surface area contributed by atoms with Crippen LogP contribution in [-0.4, -0.2) is 11.8 Å². The Labute approximate surface area is 166 Å². The fraction of sp³-hybridized carbons (Fsp3) is 0.640. The molecule has 6 aliphatic carbocycles. The monoisotopic (exact) mass is 375 g/mol. The lowest BCUT2D eigenvalue weighted by atomic mass is 9.54. The van der Waals surface area contributed by atoms with Gasteiger partial charge in [-0.15, -0.1) is 0 Å². The zero-order valence-corrected chi connectivity index (χ0v) is 16.3. The summed E-state index contributed by atoms with van der Waals surface area (Å²) in [6.45, 7) is 0. The summed E-state index contributed by atoms with van der Waals surface area (Å²) in [5.41, 5.74) is 1.67. The standard InChI is InChI=1S/C25H27O3/c26-20(10-15-3-1-2-4-15)17-5-7-19(8-6-17)28-22(27)23-11-16-9-18-13-24(14-23)21(23)25(18,24)12-16/h5-8,16,18,21H,1-4,9-14H2/q+1. The summed E-state index contributed by atoms with van der Waals surface area (Å²) in [6.07, 6.45) is 11.5. The Morgan fingerprint density at radius 2 is 1.86 bits per heavy atom. The second-order valence-corrected chi connectivity index (χ2v) is 10.8. The molecule has 0 heterocycles. The van der Waals surface area contributed by atoms with Gasteiger partial charge in [-0.05, 0) is 97.8 Å². The number of Topliss-reactive ketones (excluding diaryl/α,β-unsaturated/α-hetero) is 1. The van der Waals surface area contributed by atoms with Gasteiger partial charge in [0.05, 0.1) is 24.2 Å². The van der Waals surface area contributed by atoms with Gasteiger partial charge in [0, 0.05) is 5.56 Å². The molecule has 0 saturated heterocycles. The van der Waals surface area contributed by atoms with Gasteiger partial charge < -0.3 is 4.74 Å². The van der Waals surface area contributed by atoms with E-state index in [1.54, 1.807) is 0 Å². The van der Waals surface area contributed by atoms with Crippen LogP contribution < -0.4 is 4.74 Å². The predicted octanol–water partition coefficient (Wildman–Crippen LogP) is 5.14. The molecule has 2 bridgehead atoms. The van der Waals surface area contributed by atoms with Crippen molar-refractivity contribution in [2.45, 2.75) is 64.2 Å². The van der Waals surface area contributed by atoms with Crippen LogP contribution in [0.15, 0.2) is 24.3 Å². The molecule has 1 aromatic carbocycles. The lowest BCUT2D eigenvalue weighted by Gasteiger charge is -2.49. The van der Waals surface area contributed by atoms with Gasteiger partial charge in [-0.25, -0.2) is 0 Å². The lowest BCUT2D eigenvalue weighted by Crippen LogP contribution is -2.50. The van der Waals surface area contributed by atoms with E-state index in [1.807, 2.05) is 24.3 Å². The van der Waals surface area contributed by atoms with Gasteiger partial charge in [-0.3, -0.25) is 9.59 Å². The summed E-state index contributed by atoms with van der Waals surface area (Å²) in [4.78, 5) is 25.7. The van der Waals surface area contributed by atoms with Gasteiger partial charge in [0.2, 0.25) is 5.78 Å². The van der Waals surface area contributed by atoms with E-state index >= 15 is 0 Å². The first-order valence-corrected chi connectivity index (χ1v) is 11.3. The first-order valence-electron chi connectivity index (χ1n) is 11.3. The van der Waals surface area contributed by atoms with Crippen molar-refractivity contribution in [2.24, 2.45) is 34.0 Å². The van der Waals surface area contributed by atoms with E-state index in [0.717, 1.165) is 43.1 Å². The van der Waals surface area contributed by atoms with Gasteiger partial charge in [0.1, 0.15) is 5.75 Å². The third kappa shape index (κ3) is 1.64. The van der Waals surface area contributed by atoms with Gasteiger partial charge >= 0.3 is 5.97 Å². The second kappa shape index (κ2) is 4.86. The van der Waals surface area contributed by atoms with Crippen molar-refractivity contribution in [1.29, 1.82) is 0 Å². The van der Waals surface area contributed by atoms with Crippen molar-refractivity contribution < 1.29 is 14.3 Å². The molecular formula is C25H27O3+. The molecule has 1 aromatic rings. The van der Waals surface area contributed by atoms with Crippen molar-refractivity contribution >= 4 is 11.8 Å². The summed E-state index contributed by atoms with van der Waals surface area (Å²) in [6, 6.07) is 7.30. The molecule has 6 saturated carbocycles. The Bertz CT molecular complexity index is 891. The summed E-state index contributed by atoms with van der Waals surface area (Å²) in [7, 11) is 0. The third-order valence-corrected chi connectivity index (χ3v) is 9.85. The Hall–Kier alpha value is -1.77. The maximum atomic E-state index is 13.2. The molecule has 7 rings (SSSR count). The topological polar surface area (TPSA) is 43.4 Å². The molecule has 6 aliphatic rings. The number of hydrogen-bond acceptors (Lipinski definition) is 3. The number of carbonyl (C=O) groups is 2. The van der Waals surface area contributed by atoms with Crippen molar-refractivity contribution in [2.75, 3.05) is 0 Å². The van der Waals surface area contributed by atoms with E-state index in [0.29, 0.717) is 28.9 Å². The zero-order chi connectivity index (χ0) is 18.7. The van der Waals surface area contributed by atoms with Crippen LogP contribution in [-0.2, 0) is 4.79 Å². The molecule has 0 radical (unpaired) electrons. The average molecular weight is 375 g/mol. The van der Waals surface area contributed by atoms with Crippen LogP contribution in [0.1, 0.15) is 74.6 Å². The molecule has 6 atom stereocenters. The van der Waals surface area contributed by atoms with Crippen LogP contribution in [0.5, 0.6) is 5.75 Å². The van der Waals surface area contributed by atoms with E-state index in [-0.39, 0.29) is 17.2 Å². The van der Waals surface area contributed by atoms with Crippen LogP contribution in [0.4, 0.5) is 0 Å². The molecule has 6 fully saturated rings. The fourth-order valence-corrected chi connectivity index (χ4v) is 9.21. The highest BCUT2D eigenvalue weighted by Crippen LogP contribution is 3.04. The number of ether oxygens (including phenoxy) is 1. The zero-order valence-electron chi connectivity index (χ0n) is 16.3. The minimum Gasteiger partial charge on any atom is -0.426 e. The van der Waals surface area contributed by atoms with E-state index in [2.05, 4.69) is 0 Å².